The highest BCUT2D eigenvalue weighted by Gasteiger charge is 2.53. The predicted molar refractivity (Wildman–Crippen MR) is 126 cm³/mol. The summed E-state index contributed by atoms with van der Waals surface area (Å²) in [7, 11) is 0. The zero-order chi connectivity index (χ0) is 23.9. The van der Waals surface area contributed by atoms with Gasteiger partial charge in [-0.05, 0) is 67.7 Å². The lowest BCUT2D eigenvalue weighted by atomic mass is 9.57. The number of carbonyl (C=O) groups excluding carboxylic acids is 2. The van der Waals surface area contributed by atoms with Gasteiger partial charge < -0.3 is 20.5 Å². The summed E-state index contributed by atoms with van der Waals surface area (Å²) in [5, 5.41) is 14.9. The largest absolute Gasteiger partial charge is 0.480 e. The number of carbonyl (C=O) groups is 3. The zero-order valence-corrected chi connectivity index (χ0v) is 19.3. The van der Waals surface area contributed by atoms with Crippen molar-refractivity contribution in [2.75, 3.05) is 6.61 Å². The number of hydrogen-bond donors (Lipinski definition) is 3. The van der Waals surface area contributed by atoms with Crippen molar-refractivity contribution in [3.63, 3.8) is 0 Å². The average molecular weight is 463 g/mol. The fraction of sp³-hybridized carbons (Fsp3) is 0.444. The number of fused-ring (bicyclic) bond motifs is 6. The van der Waals surface area contributed by atoms with E-state index in [0.717, 1.165) is 0 Å². The van der Waals surface area contributed by atoms with Crippen LogP contribution in [0.2, 0.25) is 0 Å². The Morgan fingerprint density at radius 1 is 0.941 bits per heavy atom. The smallest absolute Gasteiger partial charge is 0.407 e. The molecule has 3 fully saturated rings. The Morgan fingerprint density at radius 3 is 2.00 bits per heavy atom. The van der Waals surface area contributed by atoms with Crippen LogP contribution in [0.3, 0.4) is 0 Å². The summed E-state index contributed by atoms with van der Waals surface area (Å²) < 4.78 is 5.74. The normalized spacial score (nSPS) is 25.7. The van der Waals surface area contributed by atoms with Crippen molar-refractivity contribution < 1.29 is 24.2 Å². The van der Waals surface area contributed by atoms with Crippen LogP contribution in [0.15, 0.2) is 48.5 Å². The third kappa shape index (κ3) is 3.83. The number of benzene rings is 2. The van der Waals surface area contributed by atoms with Crippen molar-refractivity contribution in [1.29, 1.82) is 0 Å². The molecular weight excluding hydrogens is 432 g/mol. The first-order chi connectivity index (χ1) is 16.3. The summed E-state index contributed by atoms with van der Waals surface area (Å²) in [6.45, 7) is 1.75. The second-order valence-corrected chi connectivity index (χ2v) is 10.0. The minimum absolute atomic E-state index is 0.0148. The molecule has 0 saturated heterocycles. The molecule has 0 heterocycles. The molecule has 0 aromatic heterocycles. The van der Waals surface area contributed by atoms with Crippen molar-refractivity contribution in [3.8, 4) is 11.1 Å². The van der Waals surface area contributed by atoms with Crippen LogP contribution in [-0.2, 0) is 14.3 Å². The van der Waals surface area contributed by atoms with E-state index < -0.39 is 23.5 Å². The van der Waals surface area contributed by atoms with Gasteiger partial charge in [-0.15, -0.1) is 0 Å². The fourth-order valence-corrected chi connectivity index (χ4v) is 5.98. The molecule has 7 nitrogen and oxygen atoms in total. The molecule has 2 bridgehead atoms. The van der Waals surface area contributed by atoms with Crippen LogP contribution in [0.5, 0.6) is 0 Å². The Labute approximate surface area is 198 Å². The molecule has 3 N–H and O–H groups in total. The topological polar surface area (TPSA) is 105 Å². The second-order valence-electron chi connectivity index (χ2n) is 10.0. The van der Waals surface area contributed by atoms with Crippen molar-refractivity contribution in [1.82, 2.24) is 10.6 Å². The molecule has 3 saturated carbocycles. The molecule has 2 aromatic rings. The van der Waals surface area contributed by atoms with E-state index in [1.54, 1.807) is 0 Å². The van der Waals surface area contributed by atoms with Gasteiger partial charge in [0.25, 0.3) is 0 Å². The number of carboxylic acids is 1. The van der Waals surface area contributed by atoms with Crippen LogP contribution in [-0.4, -0.2) is 41.3 Å². The Morgan fingerprint density at radius 2 is 1.47 bits per heavy atom. The number of carboxylic acid groups (broad SMARTS) is 1. The summed E-state index contributed by atoms with van der Waals surface area (Å²) >= 11 is 0. The lowest BCUT2D eigenvalue weighted by molar-refractivity contribution is -0.146. The van der Waals surface area contributed by atoms with Gasteiger partial charge in [0.15, 0.2) is 0 Å². The highest BCUT2D eigenvalue weighted by molar-refractivity contribution is 5.87. The maximum Gasteiger partial charge on any atom is 0.407 e. The first kappa shape index (κ1) is 22.4. The van der Waals surface area contributed by atoms with Crippen LogP contribution >= 0.6 is 0 Å². The van der Waals surface area contributed by atoms with Crippen molar-refractivity contribution in [2.45, 2.75) is 62.9 Å². The van der Waals surface area contributed by atoms with Gasteiger partial charge in [0.05, 0.1) is 0 Å². The van der Waals surface area contributed by atoms with Crippen LogP contribution in [0.25, 0.3) is 11.1 Å². The second kappa shape index (κ2) is 8.46. The van der Waals surface area contributed by atoms with E-state index in [9.17, 15) is 14.4 Å². The van der Waals surface area contributed by atoms with Gasteiger partial charge in [-0.1, -0.05) is 48.5 Å². The van der Waals surface area contributed by atoms with Crippen LogP contribution < -0.4 is 10.6 Å². The molecule has 7 heteroatoms. The molecule has 0 radical (unpaired) electrons. The Kier molecular flexibility index (Phi) is 5.58. The summed E-state index contributed by atoms with van der Waals surface area (Å²) in [5.74, 6) is -1.21. The van der Waals surface area contributed by atoms with Gasteiger partial charge in [0, 0.05) is 16.9 Å². The number of amides is 2. The van der Waals surface area contributed by atoms with E-state index in [4.69, 9.17) is 9.84 Å². The molecule has 0 aliphatic heterocycles. The Hall–Kier alpha value is -3.35. The van der Waals surface area contributed by atoms with Gasteiger partial charge in [-0.2, -0.15) is 0 Å². The third-order valence-electron chi connectivity index (χ3n) is 8.16. The van der Waals surface area contributed by atoms with Crippen molar-refractivity contribution >= 4 is 18.0 Å². The van der Waals surface area contributed by atoms with Crippen LogP contribution in [0.4, 0.5) is 4.79 Å². The minimum atomic E-state index is -1.04. The molecule has 1 unspecified atom stereocenters. The standard InChI is InChI=1S/C27H30N2O5/c1-17(23(30)31)28-24(32)26-10-13-27(14-11-26,15-12-26)29-25(33)34-16-22-20-8-4-2-6-18(20)19-7-3-5-9-21(19)22/h2-9,17,22H,10-16H2,1H3,(H,28,32)(H,29,33)(H,30,31). The number of aliphatic carboxylic acids is 1. The highest BCUT2D eigenvalue weighted by Crippen LogP contribution is 2.52. The van der Waals surface area contributed by atoms with Gasteiger partial charge in [-0.25, -0.2) is 4.79 Å². The average Bonchev–Trinajstić information content (AvgIpc) is 3.17. The highest BCUT2D eigenvalue weighted by atomic mass is 16.5. The van der Waals surface area contributed by atoms with Crippen LogP contribution in [0.1, 0.15) is 62.5 Å². The maximum atomic E-state index is 12.8. The third-order valence-corrected chi connectivity index (χ3v) is 8.16. The van der Waals surface area contributed by atoms with E-state index in [1.807, 2.05) is 24.3 Å². The number of alkyl carbamates (subject to hydrolysis) is 1. The molecule has 4 aliphatic rings. The molecule has 2 aromatic carbocycles. The SMILES string of the molecule is CC(NC(=O)C12CCC(NC(=O)OCC3c4ccccc4-c4ccccc43)(CC1)CC2)C(=O)O. The van der Waals surface area contributed by atoms with Gasteiger partial charge in [-0.3, -0.25) is 9.59 Å². The van der Waals surface area contributed by atoms with E-state index in [2.05, 4.69) is 34.9 Å². The summed E-state index contributed by atoms with van der Waals surface area (Å²) in [6, 6.07) is 15.6. The van der Waals surface area contributed by atoms with Gasteiger partial charge >= 0.3 is 12.1 Å². The van der Waals surface area contributed by atoms with Gasteiger partial charge in [0.1, 0.15) is 12.6 Å². The lowest BCUT2D eigenvalue weighted by Crippen LogP contribution is -2.60. The van der Waals surface area contributed by atoms with Crippen molar-refractivity contribution in [2.24, 2.45) is 5.41 Å². The zero-order valence-electron chi connectivity index (χ0n) is 19.3. The summed E-state index contributed by atoms with van der Waals surface area (Å²) in [4.78, 5) is 36.7. The van der Waals surface area contributed by atoms with E-state index in [-0.39, 0.29) is 24.0 Å². The molecule has 6 rings (SSSR count). The Bertz CT molecular complexity index is 1070. The van der Waals surface area contributed by atoms with Crippen molar-refractivity contribution in [3.05, 3.63) is 59.7 Å². The number of ether oxygens (including phenoxy) is 1. The van der Waals surface area contributed by atoms with Crippen LogP contribution in [0, 0.1) is 5.41 Å². The van der Waals surface area contributed by atoms with Gasteiger partial charge in [0.2, 0.25) is 5.91 Å². The summed E-state index contributed by atoms with van der Waals surface area (Å²) in [6.07, 6.45) is 3.54. The lowest BCUT2D eigenvalue weighted by Gasteiger charge is -2.52. The first-order valence-corrected chi connectivity index (χ1v) is 12.0. The molecule has 34 heavy (non-hydrogen) atoms. The molecular formula is C27H30N2O5. The molecule has 0 spiro atoms. The molecule has 4 aliphatic carbocycles. The quantitative estimate of drug-likeness (QED) is 0.597. The first-order valence-electron chi connectivity index (χ1n) is 12.0. The van der Waals surface area contributed by atoms with E-state index >= 15 is 0 Å². The number of hydrogen-bond acceptors (Lipinski definition) is 4. The predicted octanol–water partition coefficient (Wildman–Crippen LogP) is 4.21. The van der Waals surface area contributed by atoms with E-state index in [1.165, 1.54) is 29.2 Å². The number of nitrogens with one attached hydrogen (secondary N) is 2. The maximum absolute atomic E-state index is 12.8. The Balaban J connectivity index is 1.20. The minimum Gasteiger partial charge on any atom is -0.480 e. The summed E-state index contributed by atoms with van der Waals surface area (Å²) in [5.41, 5.74) is 3.85. The monoisotopic (exact) mass is 462 g/mol. The van der Waals surface area contributed by atoms with E-state index in [0.29, 0.717) is 38.5 Å². The molecule has 178 valence electrons. The molecule has 2 amide bonds. The molecule has 1 atom stereocenters. The number of rotatable bonds is 6. The fourth-order valence-electron chi connectivity index (χ4n) is 5.98.